The molecule has 0 saturated heterocycles. The van der Waals surface area contributed by atoms with E-state index in [0.29, 0.717) is 21.4 Å². The maximum atomic E-state index is 12.1. The Morgan fingerprint density at radius 2 is 2.26 bits per heavy atom. The van der Waals surface area contributed by atoms with Crippen molar-refractivity contribution in [1.82, 2.24) is 14.6 Å². The van der Waals surface area contributed by atoms with E-state index in [0.717, 1.165) is 11.4 Å². The third-order valence-electron chi connectivity index (χ3n) is 3.00. The summed E-state index contributed by atoms with van der Waals surface area (Å²) in [5, 5.41) is 6.96. The third-order valence-corrected chi connectivity index (χ3v) is 4.78. The Labute approximate surface area is 140 Å². The normalized spacial score (nSPS) is 11.3. The molecule has 0 N–H and O–H groups in total. The summed E-state index contributed by atoms with van der Waals surface area (Å²) in [5.74, 6) is 0.0456. The van der Waals surface area contributed by atoms with Crippen molar-refractivity contribution in [2.75, 3.05) is 0 Å². The summed E-state index contributed by atoms with van der Waals surface area (Å²) in [6.45, 7) is 4.16. The van der Waals surface area contributed by atoms with Crippen LogP contribution in [0.1, 0.15) is 34.2 Å². The number of hydrogen-bond donors (Lipinski definition) is 0. The van der Waals surface area contributed by atoms with Crippen molar-refractivity contribution in [1.29, 1.82) is 0 Å². The predicted octanol–water partition coefficient (Wildman–Crippen LogP) is 2.77. The number of aromatic nitrogens is 3. The minimum absolute atomic E-state index is 0.0279. The van der Waals surface area contributed by atoms with E-state index in [-0.39, 0.29) is 12.2 Å². The first-order valence-electron chi connectivity index (χ1n) is 7.12. The van der Waals surface area contributed by atoms with Crippen LogP contribution in [0.3, 0.4) is 0 Å². The van der Waals surface area contributed by atoms with Crippen LogP contribution < -0.4 is 5.56 Å². The highest BCUT2D eigenvalue weighted by atomic mass is 32.1. The second-order valence-corrected chi connectivity index (χ2v) is 7.42. The number of esters is 1. The molecule has 0 spiro atoms. The van der Waals surface area contributed by atoms with Gasteiger partial charge in [-0.2, -0.15) is 9.61 Å². The molecule has 6 nitrogen and oxygen atoms in total. The maximum Gasteiger partial charge on any atom is 0.348 e. The molecule has 3 aromatic heterocycles. The number of fused-ring (bicyclic) bond motifs is 1. The predicted molar refractivity (Wildman–Crippen MR) is 89.1 cm³/mol. The van der Waals surface area contributed by atoms with Gasteiger partial charge in [0, 0.05) is 12.5 Å². The summed E-state index contributed by atoms with van der Waals surface area (Å²) in [7, 11) is 0. The van der Waals surface area contributed by atoms with Gasteiger partial charge in [0.05, 0.1) is 5.69 Å². The minimum atomic E-state index is -0.410. The molecule has 0 unspecified atom stereocenters. The van der Waals surface area contributed by atoms with E-state index < -0.39 is 5.97 Å². The van der Waals surface area contributed by atoms with Crippen LogP contribution in [0.25, 0.3) is 4.96 Å². The van der Waals surface area contributed by atoms with Crippen LogP contribution in [0.4, 0.5) is 0 Å². The number of hydrogen-bond acceptors (Lipinski definition) is 7. The summed E-state index contributed by atoms with van der Waals surface area (Å²) in [6, 6.07) is 4.83. The van der Waals surface area contributed by atoms with Crippen molar-refractivity contribution in [2.24, 2.45) is 5.92 Å². The second-order valence-electron chi connectivity index (χ2n) is 5.43. The van der Waals surface area contributed by atoms with Crippen molar-refractivity contribution in [3.05, 3.63) is 49.5 Å². The lowest BCUT2D eigenvalue weighted by Crippen LogP contribution is -2.16. The van der Waals surface area contributed by atoms with Gasteiger partial charge in [0.2, 0.25) is 4.96 Å². The van der Waals surface area contributed by atoms with Gasteiger partial charge >= 0.3 is 5.97 Å². The van der Waals surface area contributed by atoms with Crippen molar-refractivity contribution >= 4 is 33.6 Å². The topological polar surface area (TPSA) is 73.6 Å². The molecule has 0 saturated carbocycles. The monoisotopic (exact) mass is 349 g/mol. The van der Waals surface area contributed by atoms with E-state index in [2.05, 4.69) is 23.9 Å². The number of nitrogens with zero attached hydrogens (tertiary/aromatic N) is 3. The molecule has 0 aliphatic rings. The molecule has 0 aromatic carbocycles. The van der Waals surface area contributed by atoms with E-state index in [4.69, 9.17) is 4.74 Å². The number of thiophene rings is 1. The first kappa shape index (κ1) is 15.8. The van der Waals surface area contributed by atoms with Crippen molar-refractivity contribution < 1.29 is 9.53 Å². The van der Waals surface area contributed by atoms with Gasteiger partial charge < -0.3 is 4.74 Å². The summed E-state index contributed by atoms with van der Waals surface area (Å²) >= 11 is 2.70. The average Bonchev–Trinajstić information content (AvgIpc) is 3.13. The van der Waals surface area contributed by atoms with Crippen LogP contribution in [0.5, 0.6) is 0 Å². The zero-order valence-electron chi connectivity index (χ0n) is 12.7. The third kappa shape index (κ3) is 3.65. The fraction of sp³-hybridized carbons (Fsp3) is 0.333. The summed E-state index contributed by atoms with van der Waals surface area (Å²) < 4.78 is 6.49. The van der Waals surface area contributed by atoms with E-state index in [1.165, 1.54) is 33.3 Å². The molecule has 3 heterocycles. The van der Waals surface area contributed by atoms with Crippen LogP contribution >= 0.6 is 22.7 Å². The van der Waals surface area contributed by atoms with Gasteiger partial charge in [-0.05, 0) is 17.4 Å². The van der Waals surface area contributed by atoms with Crippen LogP contribution in [-0.4, -0.2) is 20.6 Å². The highest BCUT2D eigenvalue weighted by Crippen LogP contribution is 2.16. The molecular weight excluding hydrogens is 334 g/mol. The summed E-state index contributed by atoms with van der Waals surface area (Å²) in [4.78, 5) is 29.3. The Kier molecular flexibility index (Phi) is 4.53. The van der Waals surface area contributed by atoms with Crippen molar-refractivity contribution in [2.45, 2.75) is 26.9 Å². The maximum absolute atomic E-state index is 12.1. The smallest absolute Gasteiger partial charge is 0.348 e. The molecule has 0 radical (unpaired) electrons. The van der Waals surface area contributed by atoms with E-state index in [9.17, 15) is 9.59 Å². The van der Waals surface area contributed by atoms with Crippen LogP contribution in [0.2, 0.25) is 0 Å². The zero-order chi connectivity index (χ0) is 16.4. The number of rotatable bonds is 5. The molecule has 0 amide bonds. The average molecular weight is 349 g/mol. The van der Waals surface area contributed by atoms with Gasteiger partial charge in [-0.3, -0.25) is 4.79 Å². The fourth-order valence-electron chi connectivity index (χ4n) is 2.01. The van der Waals surface area contributed by atoms with Gasteiger partial charge in [0.1, 0.15) is 16.5 Å². The van der Waals surface area contributed by atoms with Gasteiger partial charge in [-0.1, -0.05) is 31.3 Å². The number of carbonyl (C=O) groups is 1. The van der Waals surface area contributed by atoms with Gasteiger partial charge in [0.25, 0.3) is 5.56 Å². The van der Waals surface area contributed by atoms with Crippen LogP contribution in [0.15, 0.2) is 28.4 Å². The van der Waals surface area contributed by atoms with Crippen LogP contribution in [-0.2, 0) is 17.8 Å². The number of carbonyl (C=O) groups excluding carboxylic acids is 1. The lowest BCUT2D eigenvalue weighted by atomic mass is 10.1. The lowest BCUT2D eigenvalue weighted by Gasteiger charge is -2.02. The standard InChI is InChI=1S/C15H15N3O3S2/c1-9(2)6-12-17-18-13(19)7-10(16-15(18)23-12)8-21-14(20)11-4-3-5-22-11/h3-5,7,9H,6,8H2,1-2H3. The Bertz CT molecular complexity index is 881. The highest BCUT2D eigenvalue weighted by Gasteiger charge is 2.12. The SMILES string of the molecule is CC(C)Cc1nn2c(=O)cc(COC(=O)c3cccs3)nc2s1. The first-order chi connectivity index (χ1) is 11.0. The van der Waals surface area contributed by atoms with E-state index in [1.807, 2.05) is 0 Å². The molecule has 0 aliphatic carbocycles. The molecule has 3 aromatic rings. The Morgan fingerprint density at radius 3 is 2.96 bits per heavy atom. The molecular formula is C15H15N3O3S2. The highest BCUT2D eigenvalue weighted by molar-refractivity contribution is 7.16. The quantitative estimate of drug-likeness (QED) is 0.662. The fourth-order valence-corrected chi connectivity index (χ4v) is 3.75. The minimum Gasteiger partial charge on any atom is -0.455 e. The largest absolute Gasteiger partial charge is 0.455 e. The number of ether oxygens (including phenoxy) is 1. The zero-order valence-corrected chi connectivity index (χ0v) is 14.3. The van der Waals surface area contributed by atoms with E-state index >= 15 is 0 Å². The van der Waals surface area contributed by atoms with Crippen LogP contribution in [0, 0.1) is 5.92 Å². The van der Waals surface area contributed by atoms with Gasteiger partial charge in [-0.25, -0.2) is 9.78 Å². The molecule has 0 aliphatic heterocycles. The first-order valence-corrected chi connectivity index (χ1v) is 8.82. The molecule has 23 heavy (non-hydrogen) atoms. The molecule has 0 fully saturated rings. The summed E-state index contributed by atoms with van der Waals surface area (Å²) in [6.07, 6.45) is 0.802. The van der Waals surface area contributed by atoms with E-state index in [1.54, 1.807) is 17.5 Å². The second kappa shape index (κ2) is 6.59. The Hall–Kier alpha value is -2.06. The molecule has 8 heteroatoms. The van der Waals surface area contributed by atoms with Crippen molar-refractivity contribution in [3.8, 4) is 0 Å². The lowest BCUT2D eigenvalue weighted by molar-refractivity contribution is 0.0473. The Morgan fingerprint density at radius 1 is 1.43 bits per heavy atom. The van der Waals surface area contributed by atoms with Crippen molar-refractivity contribution in [3.63, 3.8) is 0 Å². The molecule has 120 valence electrons. The van der Waals surface area contributed by atoms with Gasteiger partial charge in [-0.15, -0.1) is 11.3 Å². The Balaban J connectivity index is 1.79. The van der Waals surface area contributed by atoms with Gasteiger partial charge in [0.15, 0.2) is 0 Å². The molecule has 3 rings (SSSR count). The molecule has 0 atom stereocenters. The molecule has 0 bridgehead atoms. The summed E-state index contributed by atoms with van der Waals surface area (Å²) in [5.41, 5.74) is 0.170.